The van der Waals surface area contributed by atoms with E-state index in [9.17, 15) is 5.11 Å². The van der Waals surface area contributed by atoms with Crippen LogP contribution in [0.3, 0.4) is 0 Å². The number of hydrogen-bond donors (Lipinski definition) is 3. The molecule has 120 valence electrons. The van der Waals surface area contributed by atoms with Crippen LogP contribution in [0.1, 0.15) is 31.8 Å². The number of methoxy groups -OCH3 is 1. The number of halogens is 1. The Balaban J connectivity index is 2.56. The number of nitrogens with one attached hydrogen (secondary N) is 2. The minimum atomic E-state index is -0.609. The van der Waals surface area contributed by atoms with Crippen molar-refractivity contribution >= 4 is 28.9 Å². The fourth-order valence-corrected chi connectivity index (χ4v) is 2.52. The molecule has 0 aliphatic heterocycles. The summed E-state index contributed by atoms with van der Waals surface area (Å²) in [6.07, 6.45) is -0.609. The van der Waals surface area contributed by atoms with Crippen molar-refractivity contribution in [2.24, 2.45) is 4.99 Å². The molecule has 0 aliphatic rings. The number of aliphatic imine (C=N–C) groups is 1. The van der Waals surface area contributed by atoms with Gasteiger partial charge in [-0.25, -0.2) is 0 Å². The second kappa shape index (κ2) is 8.58. The van der Waals surface area contributed by atoms with Crippen molar-refractivity contribution < 1.29 is 9.84 Å². The largest absolute Gasteiger partial charge is 0.386 e. The Morgan fingerprint density at radius 3 is 2.71 bits per heavy atom. The minimum absolute atomic E-state index is 0.317. The third kappa shape index (κ3) is 6.65. The first-order valence-corrected chi connectivity index (χ1v) is 8.08. The molecule has 7 heteroatoms. The van der Waals surface area contributed by atoms with Gasteiger partial charge in [0.2, 0.25) is 0 Å². The van der Waals surface area contributed by atoms with Gasteiger partial charge in [-0.3, -0.25) is 4.99 Å². The second-order valence-electron chi connectivity index (χ2n) is 5.20. The number of nitrogens with zero attached hydrogens (tertiary/aromatic N) is 1. The molecule has 0 radical (unpaired) electrons. The molecular weight excluding hydrogens is 310 g/mol. The molecule has 0 aliphatic carbocycles. The summed E-state index contributed by atoms with van der Waals surface area (Å²) >= 11 is 7.25. The van der Waals surface area contributed by atoms with Gasteiger partial charge >= 0.3 is 0 Å². The Kier molecular flexibility index (Phi) is 7.45. The molecule has 0 saturated carbocycles. The number of aliphatic hydroxyl groups excluding tert-OH is 1. The molecule has 0 amide bonds. The zero-order chi connectivity index (χ0) is 15.9. The highest BCUT2D eigenvalue weighted by Crippen LogP contribution is 2.26. The SMILES string of the molecule is CCNC(=NCC(C)(C)OC)NCC(O)c1ccc(Cl)s1. The van der Waals surface area contributed by atoms with E-state index in [1.807, 2.05) is 26.8 Å². The highest BCUT2D eigenvalue weighted by atomic mass is 35.5. The van der Waals surface area contributed by atoms with Gasteiger partial charge in [-0.2, -0.15) is 0 Å². The molecule has 0 saturated heterocycles. The van der Waals surface area contributed by atoms with Gasteiger partial charge in [0.25, 0.3) is 0 Å². The zero-order valence-electron chi connectivity index (χ0n) is 12.9. The summed E-state index contributed by atoms with van der Waals surface area (Å²) in [4.78, 5) is 5.30. The van der Waals surface area contributed by atoms with Crippen LogP contribution in [0, 0.1) is 0 Å². The van der Waals surface area contributed by atoms with E-state index < -0.39 is 6.10 Å². The lowest BCUT2D eigenvalue weighted by atomic mass is 10.1. The lowest BCUT2D eigenvalue weighted by Crippen LogP contribution is -2.40. The van der Waals surface area contributed by atoms with Crippen LogP contribution < -0.4 is 10.6 Å². The maximum atomic E-state index is 10.1. The topological polar surface area (TPSA) is 65.9 Å². The summed E-state index contributed by atoms with van der Waals surface area (Å²) < 4.78 is 6.01. The third-order valence-electron chi connectivity index (χ3n) is 2.90. The predicted molar refractivity (Wildman–Crippen MR) is 89.4 cm³/mol. The van der Waals surface area contributed by atoms with Crippen molar-refractivity contribution in [1.29, 1.82) is 0 Å². The third-order valence-corrected chi connectivity index (χ3v) is 4.23. The van der Waals surface area contributed by atoms with E-state index in [4.69, 9.17) is 16.3 Å². The number of guanidine groups is 1. The van der Waals surface area contributed by atoms with Gasteiger partial charge in [0, 0.05) is 25.1 Å². The number of ether oxygens (including phenoxy) is 1. The first-order valence-electron chi connectivity index (χ1n) is 6.88. The van der Waals surface area contributed by atoms with Crippen LogP contribution in [-0.4, -0.2) is 43.4 Å². The number of thiophene rings is 1. The molecule has 3 N–H and O–H groups in total. The molecule has 1 aromatic heterocycles. The van der Waals surface area contributed by atoms with E-state index in [-0.39, 0.29) is 5.60 Å². The van der Waals surface area contributed by atoms with E-state index in [0.717, 1.165) is 11.4 Å². The standard InChI is InChI=1S/C14H24ClN3O2S/c1-5-16-13(18-9-14(2,3)20-4)17-8-10(19)11-6-7-12(15)21-11/h6-7,10,19H,5,8-9H2,1-4H3,(H2,16,17,18). The maximum Gasteiger partial charge on any atom is 0.191 e. The van der Waals surface area contributed by atoms with Crippen molar-refractivity contribution in [3.8, 4) is 0 Å². The smallest absolute Gasteiger partial charge is 0.191 e. The van der Waals surface area contributed by atoms with Gasteiger partial charge in [0.15, 0.2) is 5.96 Å². The Labute approximate surface area is 135 Å². The van der Waals surface area contributed by atoms with E-state index >= 15 is 0 Å². The van der Waals surface area contributed by atoms with Crippen molar-refractivity contribution in [2.75, 3.05) is 26.7 Å². The predicted octanol–water partition coefficient (Wildman–Crippen LogP) is 2.42. The first-order chi connectivity index (χ1) is 9.88. The second-order valence-corrected chi connectivity index (χ2v) is 6.94. The molecule has 1 unspecified atom stereocenters. The zero-order valence-corrected chi connectivity index (χ0v) is 14.5. The molecule has 0 bridgehead atoms. The molecule has 21 heavy (non-hydrogen) atoms. The van der Waals surface area contributed by atoms with E-state index in [0.29, 0.717) is 23.4 Å². The van der Waals surface area contributed by atoms with Gasteiger partial charge in [-0.05, 0) is 32.9 Å². The normalized spacial score (nSPS) is 14.1. The van der Waals surface area contributed by atoms with Crippen LogP contribution in [0.5, 0.6) is 0 Å². The monoisotopic (exact) mass is 333 g/mol. The van der Waals surface area contributed by atoms with Crippen LogP contribution in [-0.2, 0) is 4.74 Å². The summed E-state index contributed by atoms with van der Waals surface area (Å²) in [6.45, 7) is 7.59. The van der Waals surface area contributed by atoms with Gasteiger partial charge < -0.3 is 20.5 Å². The van der Waals surface area contributed by atoms with Crippen LogP contribution in [0.15, 0.2) is 17.1 Å². The Morgan fingerprint density at radius 2 is 2.19 bits per heavy atom. The average Bonchev–Trinajstić information content (AvgIpc) is 2.88. The summed E-state index contributed by atoms with van der Waals surface area (Å²) in [5, 5.41) is 16.4. The quantitative estimate of drug-likeness (QED) is 0.529. The van der Waals surface area contributed by atoms with Crippen molar-refractivity contribution in [3.05, 3.63) is 21.3 Å². The highest BCUT2D eigenvalue weighted by molar-refractivity contribution is 7.16. The molecule has 0 aromatic carbocycles. The Morgan fingerprint density at radius 1 is 1.48 bits per heavy atom. The fraction of sp³-hybridized carbons (Fsp3) is 0.643. The molecule has 1 heterocycles. The van der Waals surface area contributed by atoms with Gasteiger partial charge in [-0.15, -0.1) is 11.3 Å². The van der Waals surface area contributed by atoms with E-state index in [1.54, 1.807) is 13.2 Å². The highest BCUT2D eigenvalue weighted by Gasteiger charge is 2.16. The summed E-state index contributed by atoms with van der Waals surface area (Å²) in [5.74, 6) is 0.657. The molecule has 5 nitrogen and oxygen atoms in total. The maximum absolute atomic E-state index is 10.1. The first kappa shape index (κ1) is 18.2. The molecule has 0 spiro atoms. The average molecular weight is 334 g/mol. The molecule has 1 rings (SSSR count). The molecule has 1 atom stereocenters. The van der Waals surface area contributed by atoms with Crippen molar-refractivity contribution in [1.82, 2.24) is 10.6 Å². The van der Waals surface area contributed by atoms with E-state index in [1.165, 1.54) is 11.3 Å². The Hall–Kier alpha value is -0.820. The number of rotatable bonds is 7. The lowest BCUT2D eigenvalue weighted by molar-refractivity contribution is 0.0310. The van der Waals surface area contributed by atoms with Gasteiger partial charge in [-0.1, -0.05) is 11.6 Å². The number of hydrogen-bond acceptors (Lipinski definition) is 4. The van der Waals surface area contributed by atoms with Crippen LogP contribution >= 0.6 is 22.9 Å². The summed E-state index contributed by atoms with van der Waals surface area (Å²) in [5.41, 5.74) is -0.317. The van der Waals surface area contributed by atoms with Crippen molar-refractivity contribution in [3.63, 3.8) is 0 Å². The van der Waals surface area contributed by atoms with Crippen LogP contribution in [0.25, 0.3) is 0 Å². The van der Waals surface area contributed by atoms with Crippen LogP contribution in [0.2, 0.25) is 4.34 Å². The molecular formula is C14H24ClN3O2S. The van der Waals surface area contributed by atoms with Crippen molar-refractivity contribution in [2.45, 2.75) is 32.5 Å². The molecule has 1 aromatic rings. The number of aliphatic hydroxyl groups is 1. The van der Waals surface area contributed by atoms with E-state index in [2.05, 4.69) is 15.6 Å². The summed E-state index contributed by atoms with van der Waals surface area (Å²) in [6, 6.07) is 3.61. The lowest BCUT2D eigenvalue weighted by Gasteiger charge is -2.21. The Bertz CT molecular complexity index is 463. The van der Waals surface area contributed by atoms with Gasteiger partial charge in [0.1, 0.15) is 6.10 Å². The van der Waals surface area contributed by atoms with Gasteiger partial charge in [0.05, 0.1) is 16.5 Å². The van der Waals surface area contributed by atoms with Crippen LogP contribution in [0.4, 0.5) is 0 Å². The fourth-order valence-electron chi connectivity index (χ4n) is 1.48. The summed E-state index contributed by atoms with van der Waals surface area (Å²) in [7, 11) is 1.67. The minimum Gasteiger partial charge on any atom is -0.386 e. The molecule has 0 fully saturated rings.